The predicted molar refractivity (Wildman–Crippen MR) is 105 cm³/mol. The molecule has 1 heterocycles. The normalized spacial score (nSPS) is 15.5. The van der Waals surface area contributed by atoms with Crippen molar-refractivity contribution in [3.63, 3.8) is 0 Å². The summed E-state index contributed by atoms with van der Waals surface area (Å²) < 4.78 is 0. The van der Waals surface area contributed by atoms with Crippen molar-refractivity contribution >= 4 is 5.69 Å². The third-order valence-electron chi connectivity index (χ3n) is 4.83. The zero-order chi connectivity index (χ0) is 16.8. The van der Waals surface area contributed by atoms with E-state index < -0.39 is 0 Å². The molecule has 1 N–H and O–H groups in total. The molecule has 0 bridgehead atoms. The van der Waals surface area contributed by atoms with Crippen LogP contribution < -0.4 is 10.2 Å². The van der Waals surface area contributed by atoms with Gasteiger partial charge in [0.1, 0.15) is 0 Å². The fourth-order valence-corrected chi connectivity index (χ4v) is 3.47. The summed E-state index contributed by atoms with van der Waals surface area (Å²) in [6.07, 6.45) is 5.38. The first-order valence-electron chi connectivity index (χ1n) is 9.41. The molecule has 24 heavy (non-hydrogen) atoms. The fraction of sp³-hybridized carbons (Fsp3) is 0.455. The van der Waals surface area contributed by atoms with Crippen LogP contribution in [0.4, 0.5) is 5.69 Å². The molecule has 0 unspecified atom stereocenters. The SMILES string of the molecule is CC(C)NCc1cc(-c2ccccc2)ccc1N1CCCCCC1. The Labute approximate surface area is 146 Å². The van der Waals surface area contributed by atoms with Gasteiger partial charge in [0.05, 0.1) is 0 Å². The molecule has 2 nitrogen and oxygen atoms in total. The summed E-state index contributed by atoms with van der Waals surface area (Å²) in [6.45, 7) is 7.75. The molecule has 2 heteroatoms. The van der Waals surface area contributed by atoms with Crippen LogP contribution in [0.15, 0.2) is 48.5 Å². The molecule has 1 aliphatic heterocycles. The monoisotopic (exact) mass is 322 g/mol. The molecule has 1 aliphatic rings. The van der Waals surface area contributed by atoms with Gasteiger partial charge in [0.25, 0.3) is 0 Å². The van der Waals surface area contributed by atoms with Crippen molar-refractivity contribution in [2.45, 2.75) is 52.1 Å². The van der Waals surface area contributed by atoms with Crippen LogP contribution in [0.25, 0.3) is 11.1 Å². The topological polar surface area (TPSA) is 15.3 Å². The van der Waals surface area contributed by atoms with Crippen LogP contribution in [0.5, 0.6) is 0 Å². The zero-order valence-electron chi connectivity index (χ0n) is 15.1. The lowest BCUT2D eigenvalue weighted by Gasteiger charge is -2.26. The van der Waals surface area contributed by atoms with Crippen molar-refractivity contribution in [2.24, 2.45) is 0 Å². The van der Waals surface area contributed by atoms with Crippen molar-refractivity contribution < 1.29 is 0 Å². The second kappa shape index (κ2) is 8.34. The Kier molecular flexibility index (Phi) is 5.92. The van der Waals surface area contributed by atoms with Crippen LogP contribution in [0.3, 0.4) is 0 Å². The van der Waals surface area contributed by atoms with Crippen LogP contribution >= 0.6 is 0 Å². The summed E-state index contributed by atoms with van der Waals surface area (Å²) in [7, 11) is 0. The largest absolute Gasteiger partial charge is 0.371 e. The summed E-state index contributed by atoms with van der Waals surface area (Å²) in [4.78, 5) is 2.60. The molecule has 0 saturated carbocycles. The first-order chi connectivity index (χ1) is 11.7. The lowest BCUT2D eigenvalue weighted by molar-refractivity contribution is 0.587. The van der Waals surface area contributed by atoms with Gasteiger partial charge in [-0.3, -0.25) is 0 Å². The second-order valence-electron chi connectivity index (χ2n) is 7.15. The molecule has 1 saturated heterocycles. The van der Waals surface area contributed by atoms with Crippen LogP contribution in [0.1, 0.15) is 45.1 Å². The Balaban J connectivity index is 1.91. The van der Waals surface area contributed by atoms with Gasteiger partial charge in [-0.1, -0.05) is 63.1 Å². The van der Waals surface area contributed by atoms with Crippen molar-refractivity contribution in [1.82, 2.24) is 5.32 Å². The van der Waals surface area contributed by atoms with Gasteiger partial charge in [0.15, 0.2) is 0 Å². The van der Waals surface area contributed by atoms with E-state index >= 15 is 0 Å². The average Bonchev–Trinajstić information content (AvgIpc) is 2.90. The maximum Gasteiger partial charge on any atom is 0.0412 e. The number of hydrogen-bond acceptors (Lipinski definition) is 2. The van der Waals surface area contributed by atoms with E-state index in [-0.39, 0.29) is 0 Å². The van der Waals surface area contributed by atoms with Gasteiger partial charge >= 0.3 is 0 Å². The van der Waals surface area contributed by atoms with Crippen LogP contribution in [-0.2, 0) is 6.54 Å². The van der Waals surface area contributed by atoms with Crippen LogP contribution in [0, 0.1) is 0 Å². The minimum absolute atomic E-state index is 0.502. The van der Waals surface area contributed by atoms with Crippen molar-refractivity contribution in [1.29, 1.82) is 0 Å². The first kappa shape index (κ1) is 17.0. The highest BCUT2D eigenvalue weighted by Gasteiger charge is 2.14. The third kappa shape index (κ3) is 4.39. The molecule has 1 fully saturated rings. The molecule has 0 atom stereocenters. The van der Waals surface area contributed by atoms with Gasteiger partial charge in [-0.2, -0.15) is 0 Å². The standard InChI is InChI=1S/C22H30N2/c1-18(2)23-17-21-16-20(19-10-6-5-7-11-19)12-13-22(21)24-14-8-3-4-9-15-24/h5-7,10-13,16,18,23H,3-4,8-9,14-15,17H2,1-2H3. The molecule has 0 spiro atoms. The lowest BCUT2D eigenvalue weighted by Crippen LogP contribution is -2.27. The zero-order valence-corrected chi connectivity index (χ0v) is 15.1. The van der Waals surface area contributed by atoms with Crippen molar-refractivity contribution in [3.8, 4) is 11.1 Å². The summed E-state index contributed by atoms with van der Waals surface area (Å²) >= 11 is 0. The van der Waals surface area contributed by atoms with Gasteiger partial charge in [0.2, 0.25) is 0 Å². The molecule has 2 aromatic carbocycles. The molecule has 128 valence electrons. The summed E-state index contributed by atoms with van der Waals surface area (Å²) in [5, 5.41) is 3.61. The fourth-order valence-electron chi connectivity index (χ4n) is 3.47. The smallest absolute Gasteiger partial charge is 0.0412 e. The minimum atomic E-state index is 0.502. The van der Waals surface area contributed by atoms with E-state index in [2.05, 4.69) is 72.6 Å². The van der Waals surface area contributed by atoms with E-state index in [1.807, 2.05) is 0 Å². The molecule has 0 radical (unpaired) electrons. The van der Waals surface area contributed by atoms with E-state index in [4.69, 9.17) is 0 Å². The molecular weight excluding hydrogens is 292 g/mol. The van der Waals surface area contributed by atoms with Crippen molar-refractivity contribution in [2.75, 3.05) is 18.0 Å². The highest BCUT2D eigenvalue weighted by molar-refractivity contribution is 5.69. The summed E-state index contributed by atoms with van der Waals surface area (Å²) in [5.41, 5.74) is 5.46. The molecule has 2 aromatic rings. The number of anilines is 1. The number of nitrogens with one attached hydrogen (secondary N) is 1. The number of hydrogen-bond donors (Lipinski definition) is 1. The molecular formula is C22H30N2. The average molecular weight is 322 g/mol. The van der Waals surface area contributed by atoms with E-state index in [0.29, 0.717) is 6.04 Å². The Morgan fingerprint density at radius 1 is 0.875 bits per heavy atom. The Morgan fingerprint density at radius 3 is 2.25 bits per heavy atom. The second-order valence-corrected chi connectivity index (χ2v) is 7.15. The van der Waals surface area contributed by atoms with E-state index in [9.17, 15) is 0 Å². The number of nitrogens with zero attached hydrogens (tertiary/aromatic N) is 1. The number of rotatable bonds is 5. The quantitative estimate of drug-likeness (QED) is 0.810. The first-order valence-corrected chi connectivity index (χ1v) is 9.41. The van der Waals surface area contributed by atoms with Crippen molar-refractivity contribution in [3.05, 3.63) is 54.1 Å². The Bertz CT molecular complexity index is 626. The van der Waals surface area contributed by atoms with E-state index in [0.717, 1.165) is 6.54 Å². The van der Waals surface area contributed by atoms with Gasteiger partial charge in [-0.05, 0) is 41.7 Å². The van der Waals surface area contributed by atoms with E-state index in [1.54, 1.807) is 0 Å². The Morgan fingerprint density at radius 2 is 1.58 bits per heavy atom. The molecule has 3 rings (SSSR count). The highest BCUT2D eigenvalue weighted by Crippen LogP contribution is 2.29. The van der Waals surface area contributed by atoms with Gasteiger partial charge in [-0.25, -0.2) is 0 Å². The lowest BCUT2D eigenvalue weighted by atomic mass is 10.0. The van der Waals surface area contributed by atoms with Gasteiger partial charge in [-0.15, -0.1) is 0 Å². The third-order valence-corrected chi connectivity index (χ3v) is 4.83. The molecule has 0 aromatic heterocycles. The number of benzene rings is 2. The van der Waals surface area contributed by atoms with Crippen LogP contribution in [0.2, 0.25) is 0 Å². The summed E-state index contributed by atoms with van der Waals surface area (Å²) in [6, 6.07) is 18.2. The molecule has 0 amide bonds. The Hall–Kier alpha value is -1.80. The minimum Gasteiger partial charge on any atom is -0.371 e. The van der Waals surface area contributed by atoms with Gasteiger partial charge < -0.3 is 10.2 Å². The van der Waals surface area contributed by atoms with E-state index in [1.165, 1.54) is 61.2 Å². The van der Waals surface area contributed by atoms with Gasteiger partial charge in [0, 0.05) is 31.4 Å². The van der Waals surface area contributed by atoms with Crippen LogP contribution in [-0.4, -0.2) is 19.1 Å². The maximum absolute atomic E-state index is 3.61. The highest BCUT2D eigenvalue weighted by atomic mass is 15.1. The predicted octanol–water partition coefficient (Wildman–Crippen LogP) is 5.23. The maximum atomic E-state index is 3.61. The summed E-state index contributed by atoms with van der Waals surface area (Å²) in [5.74, 6) is 0. The molecule has 0 aliphatic carbocycles.